The average molecular weight is 605 g/mol. The van der Waals surface area contributed by atoms with E-state index in [1.165, 1.54) is 4.90 Å². The van der Waals surface area contributed by atoms with Gasteiger partial charge in [0.05, 0.1) is 11.9 Å². The number of carbonyl (C=O) groups excluding carboxylic acids is 2. The molecule has 0 saturated carbocycles. The molecule has 214 valence electrons. The lowest BCUT2D eigenvalue weighted by Crippen LogP contribution is -2.53. The summed E-state index contributed by atoms with van der Waals surface area (Å²) in [5, 5.41) is 3.68. The fraction of sp³-hybridized carbons (Fsp3) is 0.333. The van der Waals surface area contributed by atoms with E-state index in [9.17, 15) is 18.0 Å². The van der Waals surface area contributed by atoms with Gasteiger partial charge in [-0.25, -0.2) is 8.42 Å². The van der Waals surface area contributed by atoms with Crippen molar-refractivity contribution in [1.29, 1.82) is 0 Å². The summed E-state index contributed by atoms with van der Waals surface area (Å²) in [6.07, 6.45) is 2.01. The standard InChI is InChI=1S/C30H35Cl2N3O4S/c1-5-15-33-30(37)28(17-23-9-7-6-8-10-23)34(19-24-12-13-25(31)18-27(24)32)29(36)20-35(40(4,38)39)26-14-11-21(2)22(3)16-26/h6-14,16,18,28H,5,15,17,19-20H2,1-4H3,(H,33,37)/t28-/m1/s1. The molecule has 3 aromatic carbocycles. The van der Waals surface area contributed by atoms with Crippen molar-refractivity contribution in [3.63, 3.8) is 0 Å². The van der Waals surface area contributed by atoms with E-state index in [1.807, 2.05) is 57.2 Å². The number of sulfonamides is 1. The molecule has 0 fully saturated rings. The fourth-order valence-corrected chi connectivity index (χ4v) is 5.56. The molecule has 0 heterocycles. The second-order valence-electron chi connectivity index (χ2n) is 9.79. The van der Waals surface area contributed by atoms with Crippen molar-refractivity contribution in [3.05, 3.63) is 99.0 Å². The largest absolute Gasteiger partial charge is 0.354 e. The highest BCUT2D eigenvalue weighted by Crippen LogP contribution is 2.26. The van der Waals surface area contributed by atoms with Gasteiger partial charge >= 0.3 is 0 Å². The van der Waals surface area contributed by atoms with Crippen LogP contribution < -0.4 is 9.62 Å². The number of nitrogens with one attached hydrogen (secondary N) is 1. The number of anilines is 1. The van der Waals surface area contributed by atoms with Crippen molar-refractivity contribution in [2.75, 3.05) is 23.7 Å². The maximum absolute atomic E-state index is 14.1. The second kappa shape index (κ2) is 14.0. The zero-order valence-corrected chi connectivity index (χ0v) is 25.5. The van der Waals surface area contributed by atoms with E-state index in [1.54, 1.807) is 30.3 Å². The molecular formula is C30H35Cl2N3O4S. The van der Waals surface area contributed by atoms with Crippen LogP contribution in [0.1, 0.15) is 35.6 Å². The van der Waals surface area contributed by atoms with Crippen molar-refractivity contribution >= 4 is 50.7 Å². The molecule has 0 aliphatic rings. The first-order valence-corrected chi connectivity index (χ1v) is 15.6. The molecule has 3 rings (SSSR count). The van der Waals surface area contributed by atoms with Crippen LogP contribution in [0, 0.1) is 13.8 Å². The first kappa shape index (κ1) is 31.5. The normalized spacial score (nSPS) is 12.1. The van der Waals surface area contributed by atoms with Crippen molar-refractivity contribution in [2.24, 2.45) is 0 Å². The second-order valence-corrected chi connectivity index (χ2v) is 12.5. The molecule has 0 bridgehead atoms. The number of aryl methyl sites for hydroxylation is 2. The highest BCUT2D eigenvalue weighted by Gasteiger charge is 2.33. The van der Waals surface area contributed by atoms with Gasteiger partial charge in [-0.1, -0.05) is 72.6 Å². The van der Waals surface area contributed by atoms with Gasteiger partial charge in [-0.3, -0.25) is 13.9 Å². The molecule has 0 aromatic heterocycles. The van der Waals surface area contributed by atoms with E-state index in [4.69, 9.17) is 23.2 Å². The van der Waals surface area contributed by atoms with E-state index < -0.39 is 28.5 Å². The van der Waals surface area contributed by atoms with Crippen molar-refractivity contribution < 1.29 is 18.0 Å². The van der Waals surface area contributed by atoms with Gasteiger partial charge in [0.15, 0.2) is 0 Å². The predicted molar refractivity (Wildman–Crippen MR) is 162 cm³/mol. The van der Waals surface area contributed by atoms with Crippen LogP contribution in [0.15, 0.2) is 66.7 Å². The van der Waals surface area contributed by atoms with Crippen LogP contribution in [0.3, 0.4) is 0 Å². The number of halogens is 2. The van der Waals surface area contributed by atoms with Crippen LogP contribution in [-0.4, -0.2) is 50.5 Å². The topological polar surface area (TPSA) is 86.8 Å². The predicted octanol–water partition coefficient (Wildman–Crippen LogP) is 5.54. The Morgan fingerprint density at radius 1 is 0.950 bits per heavy atom. The molecule has 3 aromatic rings. The van der Waals surface area contributed by atoms with E-state index in [2.05, 4.69) is 5.32 Å². The molecule has 1 N–H and O–H groups in total. The highest BCUT2D eigenvalue weighted by atomic mass is 35.5. The zero-order chi connectivity index (χ0) is 29.4. The number of benzene rings is 3. The van der Waals surface area contributed by atoms with Gasteiger partial charge in [-0.05, 0) is 66.8 Å². The fourth-order valence-electron chi connectivity index (χ4n) is 4.25. The molecule has 2 amide bonds. The van der Waals surface area contributed by atoms with Crippen LogP contribution in [0.5, 0.6) is 0 Å². The summed E-state index contributed by atoms with van der Waals surface area (Å²) >= 11 is 12.6. The van der Waals surface area contributed by atoms with Crippen LogP contribution in [0.25, 0.3) is 0 Å². The third-order valence-corrected chi connectivity index (χ3v) is 8.36. The van der Waals surface area contributed by atoms with Gasteiger partial charge < -0.3 is 10.2 Å². The summed E-state index contributed by atoms with van der Waals surface area (Å²) in [5.41, 5.74) is 3.70. The van der Waals surface area contributed by atoms with Gasteiger partial charge in [0.2, 0.25) is 21.8 Å². The van der Waals surface area contributed by atoms with E-state index >= 15 is 0 Å². The van der Waals surface area contributed by atoms with Gasteiger partial charge in [0.1, 0.15) is 12.6 Å². The van der Waals surface area contributed by atoms with E-state index in [-0.39, 0.29) is 18.9 Å². The van der Waals surface area contributed by atoms with Crippen LogP contribution in [0.4, 0.5) is 5.69 Å². The SMILES string of the molecule is CCCNC(=O)[C@@H](Cc1ccccc1)N(Cc1ccc(Cl)cc1Cl)C(=O)CN(c1ccc(C)c(C)c1)S(C)(=O)=O. The Labute approximate surface area is 247 Å². The summed E-state index contributed by atoms with van der Waals surface area (Å²) < 4.78 is 26.9. The Morgan fingerprint density at radius 3 is 2.25 bits per heavy atom. The average Bonchev–Trinajstić information content (AvgIpc) is 2.90. The monoisotopic (exact) mass is 603 g/mol. The molecule has 0 unspecified atom stereocenters. The Bertz CT molecular complexity index is 1450. The van der Waals surface area contributed by atoms with Crippen molar-refractivity contribution in [3.8, 4) is 0 Å². The molecule has 40 heavy (non-hydrogen) atoms. The quantitative estimate of drug-likeness (QED) is 0.294. The molecule has 0 saturated heterocycles. The minimum absolute atomic E-state index is 0.0175. The third-order valence-electron chi connectivity index (χ3n) is 6.63. The molecule has 0 aliphatic heterocycles. The Kier molecular flexibility index (Phi) is 11.0. The third kappa shape index (κ3) is 8.46. The van der Waals surface area contributed by atoms with Gasteiger partial charge in [0.25, 0.3) is 0 Å². The van der Waals surface area contributed by atoms with E-state index in [0.717, 1.165) is 33.7 Å². The summed E-state index contributed by atoms with van der Waals surface area (Å²) in [4.78, 5) is 29.0. The number of hydrogen-bond acceptors (Lipinski definition) is 4. The van der Waals surface area contributed by atoms with Gasteiger partial charge in [0, 0.05) is 29.6 Å². The highest BCUT2D eigenvalue weighted by molar-refractivity contribution is 7.92. The first-order chi connectivity index (χ1) is 18.9. The maximum atomic E-state index is 14.1. The van der Waals surface area contributed by atoms with Crippen LogP contribution in [0.2, 0.25) is 10.0 Å². The van der Waals surface area contributed by atoms with E-state index in [0.29, 0.717) is 27.8 Å². The summed E-state index contributed by atoms with van der Waals surface area (Å²) in [6.45, 7) is 5.68. The molecule has 0 aliphatic carbocycles. The van der Waals surface area contributed by atoms with Crippen molar-refractivity contribution in [1.82, 2.24) is 10.2 Å². The Morgan fingerprint density at radius 2 is 1.65 bits per heavy atom. The van der Waals surface area contributed by atoms with Crippen LogP contribution in [-0.2, 0) is 32.6 Å². The minimum Gasteiger partial charge on any atom is -0.354 e. The number of carbonyl (C=O) groups is 2. The van der Waals surface area contributed by atoms with Crippen molar-refractivity contribution in [2.45, 2.75) is 46.2 Å². The molecule has 0 radical (unpaired) electrons. The van der Waals surface area contributed by atoms with Gasteiger partial charge in [-0.15, -0.1) is 0 Å². The summed E-state index contributed by atoms with van der Waals surface area (Å²) in [5.74, 6) is -0.872. The smallest absolute Gasteiger partial charge is 0.244 e. The van der Waals surface area contributed by atoms with Gasteiger partial charge in [-0.2, -0.15) is 0 Å². The molecule has 10 heteroatoms. The number of hydrogen-bond donors (Lipinski definition) is 1. The Balaban J connectivity index is 2.08. The summed E-state index contributed by atoms with van der Waals surface area (Å²) in [7, 11) is -3.84. The number of rotatable bonds is 12. The maximum Gasteiger partial charge on any atom is 0.244 e. The lowest BCUT2D eigenvalue weighted by molar-refractivity contribution is -0.140. The zero-order valence-electron chi connectivity index (χ0n) is 23.2. The Hall–Kier alpha value is -3.07. The van der Waals surface area contributed by atoms with Crippen LogP contribution >= 0.6 is 23.2 Å². The molecule has 1 atom stereocenters. The molecular weight excluding hydrogens is 569 g/mol. The lowest BCUT2D eigenvalue weighted by Gasteiger charge is -2.33. The summed E-state index contributed by atoms with van der Waals surface area (Å²) in [6, 6.07) is 18.6. The number of amides is 2. The number of nitrogens with zero attached hydrogens (tertiary/aromatic N) is 2. The first-order valence-electron chi connectivity index (χ1n) is 13.0. The molecule has 7 nitrogen and oxygen atoms in total. The minimum atomic E-state index is -3.84. The molecule has 0 spiro atoms. The lowest BCUT2D eigenvalue weighted by atomic mass is 10.0.